The average Bonchev–Trinajstić information content (AvgIpc) is 2.87. The number of aliphatic carboxylic acids is 1. The highest BCUT2D eigenvalue weighted by molar-refractivity contribution is 7.82. The van der Waals surface area contributed by atoms with Crippen molar-refractivity contribution in [2.45, 2.75) is 64.7 Å². The van der Waals surface area contributed by atoms with Gasteiger partial charge in [-0.05, 0) is 18.8 Å². The summed E-state index contributed by atoms with van der Waals surface area (Å²) >= 11 is 0. The number of carboxylic acids is 1. The lowest BCUT2D eigenvalue weighted by atomic mass is 10.1. The molecule has 11 heteroatoms. The number of carboxylic acid groups (broad SMARTS) is 1. The molecule has 3 atom stereocenters. The number of amides is 2. The van der Waals surface area contributed by atoms with Crippen molar-refractivity contribution in [2.75, 3.05) is 6.54 Å². The van der Waals surface area contributed by atoms with E-state index in [-0.39, 0.29) is 0 Å². The van der Waals surface area contributed by atoms with Crippen molar-refractivity contribution in [3.63, 3.8) is 0 Å². The molecule has 0 radical (unpaired) electrons. The standard InChI is InChI=1S/C15H26N2O8S/c1-4-5-6-10(13(18)16-8-7-9(2)3)17-14(19)11-12(15(20)21)25-26(22,23)24-11/h9-12H,4-8H2,1-3H3,(H,16,18)(H,17,19)(H,20,21)/p-1/t10-,11?,12?/m0/s1. The Bertz CT molecular complexity index is 619. The molecule has 2 amide bonds. The largest absolute Gasteiger partial charge is 0.547 e. The van der Waals surface area contributed by atoms with E-state index in [1.165, 1.54) is 0 Å². The van der Waals surface area contributed by atoms with Gasteiger partial charge in [0.15, 0.2) is 12.2 Å². The molecule has 1 fully saturated rings. The Morgan fingerprint density at radius 2 is 1.73 bits per heavy atom. The topological polar surface area (TPSA) is 151 Å². The lowest BCUT2D eigenvalue weighted by Gasteiger charge is -2.21. The molecule has 2 N–H and O–H groups in total. The fourth-order valence-corrected chi connectivity index (χ4v) is 3.18. The van der Waals surface area contributed by atoms with Crippen molar-refractivity contribution in [3.05, 3.63) is 0 Å². The highest BCUT2D eigenvalue weighted by Crippen LogP contribution is 2.21. The zero-order chi connectivity index (χ0) is 19.9. The van der Waals surface area contributed by atoms with Crippen molar-refractivity contribution < 1.29 is 36.3 Å². The molecule has 1 saturated heterocycles. The Morgan fingerprint density at radius 3 is 2.27 bits per heavy atom. The van der Waals surface area contributed by atoms with Gasteiger partial charge in [-0.25, -0.2) is 8.37 Å². The van der Waals surface area contributed by atoms with Gasteiger partial charge in [0.2, 0.25) is 5.91 Å². The molecule has 1 aliphatic rings. The smallest absolute Gasteiger partial charge is 0.401 e. The monoisotopic (exact) mass is 393 g/mol. The number of hydrogen-bond acceptors (Lipinski definition) is 8. The summed E-state index contributed by atoms with van der Waals surface area (Å²) in [5.41, 5.74) is 0. The second-order valence-electron chi connectivity index (χ2n) is 6.44. The number of nitrogens with one attached hydrogen (secondary N) is 2. The fraction of sp³-hybridized carbons (Fsp3) is 0.800. The first-order valence-corrected chi connectivity index (χ1v) is 9.81. The summed E-state index contributed by atoms with van der Waals surface area (Å²) in [7, 11) is -4.61. The Kier molecular flexibility index (Phi) is 8.44. The van der Waals surface area contributed by atoms with Crippen molar-refractivity contribution in [1.82, 2.24) is 10.6 Å². The lowest BCUT2D eigenvalue weighted by Crippen LogP contribution is -2.54. The summed E-state index contributed by atoms with van der Waals surface area (Å²) in [4.78, 5) is 35.5. The Morgan fingerprint density at radius 1 is 1.12 bits per heavy atom. The van der Waals surface area contributed by atoms with Crippen LogP contribution in [0.5, 0.6) is 0 Å². The molecule has 0 bridgehead atoms. The zero-order valence-electron chi connectivity index (χ0n) is 15.0. The minimum atomic E-state index is -4.61. The maximum absolute atomic E-state index is 12.3. The molecular weight excluding hydrogens is 368 g/mol. The zero-order valence-corrected chi connectivity index (χ0v) is 15.8. The molecule has 0 saturated carbocycles. The molecule has 0 aromatic rings. The number of carbonyl (C=O) groups excluding carboxylic acids is 3. The van der Waals surface area contributed by atoms with Crippen LogP contribution in [0.4, 0.5) is 0 Å². The molecule has 10 nitrogen and oxygen atoms in total. The summed E-state index contributed by atoms with van der Waals surface area (Å²) < 4.78 is 31.1. The van der Waals surface area contributed by atoms with E-state index in [9.17, 15) is 27.9 Å². The van der Waals surface area contributed by atoms with Gasteiger partial charge >= 0.3 is 10.4 Å². The van der Waals surface area contributed by atoms with Crippen molar-refractivity contribution in [3.8, 4) is 0 Å². The van der Waals surface area contributed by atoms with Gasteiger partial charge in [-0.2, -0.15) is 8.42 Å². The van der Waals surface area contributed by atoms with E-state index in [0.717, 1.165) is 12.8 Å². The predicted octanol–water partition coefficient (Wildman–Crippen LogP) is -1.40. The molecular formula is C15H25N2O8S-. The molecule has 0 aliphatic carbocycles. The molecule has 150 valence electrons. The minimum Gasteiger partial charge on any atom is -0.547 e. The van der Waals surface area contributed by atoms with Crippen LogP contribution in [0.2, 0.25) is 0 Å². The summed E-state index contributed by atoms with van der Waals surface area (Å²) in [6.07, 6.45) is -1.58. The maximum atomic E-state index is 12.3. The van der Waals surface area contributed by atoms with E-state index >= 15 is 0 Å². The van der Waals surface area contributed by atoms with Crippen molar-refractivity contribution in [2.24, 2.45) is 5.92 Å². The third-order valence-electron chi connectivity index (χ3n) is 3.71. The third-order valence-corrected chi connectivity index (χ3v) is 4.60. The summed E-state index contributed by atoms with van der Waals surface area (Å²) in [6.45, 7) is 6.33. The predicted molar refractivity (Wildman–Crippen MR) is 87.6 cm³/mol. The SMILES string of the molecule is CCCC[C@H](NC(=O)C1OS(=O)(=O)OC1C(=O)[O-])C(=O)NCCC(C)C. The van der Waals surface area contributed by atoms with Gasteiger partial charge in [0.25, 0.3) is 5.91 Å². The second kappa shape index (κ2) is 9.83. The highest BCUT2D eigenvalue weighted by Gasteiger charge is 2.46. The van der Waals surface area contributed by atoms with Gasteiger partial charge in [-0.1, -0.05) is 33.6 Å². The van der Waals surface area contributed by atoms with Gasteiger partial charge in [0.05, 0.1) is 5.97 Å². The van der Waals surface area contributed by atoms with E-state index in [4.69, 9.17) is 0 Å². The lowest BCUT2D eigenvalue weighted by molar-refractivity contribution is -0.314. The molecule has 26 heavy (non-hydrogen) atoms. The summed E-state index contributed by atoms with van der Waals surface area (Å²) in [5, 5.41) is 16.0. The van der Waals surface area contributed by atoms with Crippen LogP contribution in [0.25, 0.3) is 0 Å². The van der Waals surface area contributed by atoms with Crippen LogP contribution >= 0.6 is 0 Å². The quantitative estimate of drug-likeness (QED) is 0.460. The Balaban J connectivity index is 2.77. The molecule has 2 unspecified atom stereocenters. The molecule has 1 rings (SSSR count). The van der Waals surface area contributed by atoms with Gasteiger partial charge in [0, 0.05) is 6.54 Å². The number of hydrogen-bond donors (Lipinski definition) is 2. The van der Waals surface area contributed by atoms with Gasteiger partial charge in [-0.3, -0.25) is 9.59 Å². The molecule has 0 aromatic heterocycles. The van der Waals surface area contributed by atoms with Crippen molar-refractivity contribution >= 4 is 28.2 Å². The van der Waals surface area contributed by atoms with Crippen LogP contribution < -0.4 is 15.7 Å². The summed E-state index contributed by atoms with van der Waals surface area (Å²) in [6, 6.07) is -0.941. The van der Waals surface area contributed by atoms with Crippen molar-refractivity contribution in [1.29, 1.82) is 0 Å². The highest BCUT2D eigenvalue weighted by atomic mass is 32.3. The number of carbonyl (C=O) groups is 3. The van der Waals surface area contributed by atoms with Crippen LogP contribution in [0, 0.1) is 5.92 Å². The van der Waals surface area contributed by atoms with Crippen LogP contribution in [-0.4, -0.2) is 51.0 Å². The normalized spacial score (nSPS) is 22.8. The van der Waals surface area contributed by atoms with Crippen LogP contribution in [0.1, 0.15) is 46.5 Å². The third kappa shape index (κ3) is 6.89. The van der Waals surface area contributed by atoms with Gasteiger partial charge in [0.1, 0.15) is 6.04 Å². The average molecular weight is 393 g/mol. The minimum absolute atomic E-state index is 0.312. The fourth-order valence-electron chi connectivity index (χ4n) is 2.26. The second-order valence-corrected chi connectivity index (χ2v) is 7.64. The maximum Gasteiger partial charge on any atom is 0.401 e. The van der Waals surface area contributed by atoms with Gasteiger partial charge in [-0.15, -0.1) is 0 Å². The summed E-state index contributed by atoms with van der Waals surface area (Å²) in [5.74, 6) is -3.02. The molecule has 0 aromatic carbocycles. The molecule has 1 aliphatic heterocycles. The number of unbranched alkanes of at least 4 members (excludes halogenated alkanes) is 1. The van der Waals surface area contributed by atoms with E-state index < -0.39 is 46.4 Å². The van der Waals surface area contributed by atoms with E-state index in [2.05, 4.69) is 19.0 Å². The van der Waals surface area contributed by atoms with Crippen LogP contribution in [0.15, 0.2) is 0 Å². The first-order chi connectivity index (χ1) is 12.1. The van der Waals surface area contributed by atoms with Crippen LogP contribution in [0.3, 0.4) is 0 Å². The first kappa shape index (κ1) is 22.3. The van der Waals surface area contributed by atoms with Crippen LogP contribution in [-0.2, 0) is 33.1 Å². The van der Waals surface area contributed by atoms with E-state index in [0.29, 0.717) is 25.3 Å². The van der Waals surface area contributed by atoms with E-state index in [1.807, 2.05) is 20.8 Å². The molecule has 1 heterocycles. The van der Waals surface area contributed by atoms with E-state index in [1.54, 1.807) is 0 Å². The molecule has 0 spiro atoms. The first-order valence-electron chi connectivity index (χ1n) is 8.47. The van der Waals surface area contributed by atoms with Gasteiger partial charge < -0.3 is 20.5 Å². The number of rotatable bonds is 10. The Hall–Kier alpha value is -1.72. The Labute approximate surface area is 152 Å².